The molecule has 11 heavy (non-hydrogen) atoms. The van der Waals surface area contributed by atoms with Crippen LogP contribution in [0.2, 0.25) is 0 Å². The van der Waals surface area contributed by atoms with E-state index in [0.717, 1.165) is 13.2 Å². The first-order valence-corrected chi connectivity index (χ1v) is 5.87. The van der Waals surface area contributed by atoms with Crippen LogP contribution in [0.4, 0.5) is 0 Å². The molecule has 0 aliphatic carbocycles. The summed E-state index contributed by atoms with van der Waals surface area (Å²) in [5, 5.41) is 3.23. The average Bonchev–Trinajstić information content (AvgIpc) is 1.96. The largest absolute Gasteiger partial charge is 0.327 e. The van der Waals surface area contributed by atoms with Crippen molar-refractivity contribution in [2.24, 2.45) is 5.92 Å². The quantitative estimate of drug-likeness (QED) is 0.344. The summed E-state index contributed by atoms with van der Waals surface area (Å²) in [4.78, 5) is 3.38. The Morgan fingerprint density at radius 2 is 2.18 bits per heavy atom. The van der Waals surface area contributed by atoms with Gasteiger partial charge in [-0.05, 0) is 12.5 Å². The third kappa shape index (κ3) is 9.88. The molecule has 0 unspecified atom stereocenters. The molecule has 0 saturated carbocycles. The van der Waals surface area contributed by atoms with E-state index in [4.69, 9.17) is 0 Å². The van der Waals surface area contributed by atoms with Crippen LogP contribution in [-0.4, -0.2) is 22.9 Å². The molecule has 0 aliphatic rings. The van der Waals surface area contributed by atoms with E-state index in [-0.39, 0.29) is 9.68 Å². The summed E-state index contributed by atoms with van der Waals surface area (Å²) in [5.41, 5.74) is 2.31. The van der Waals surface area contributed by atoms with Gasteiger partial charge in [0.25, 0.3) is 0 Å². The minimum absolute atomic E-state index is 0.145. The van der Waals surface area contributed by atoms with E-state index < -0.39 is 0 Å². The zero-order valence-corrected chi connectivity index (χ0v) is 9.27. The Morgan fingerprint density at radius 3 is 2.73 bits per heavy atom. The second kappa shape index (κ2) is 7.98. The van der Waals surface area contributed by atoms with Crippen molar-refractivity contribution in [1.82, 2.24) is 10.3 Å². The van der Waals surface area contributed by atoms with E-state index in [9.17, 15) is 0 Å². The Hall–Kier alpha value is -0.123. The summed E-state index contributed by atoms with van der Waals surface area (Å²) in [7, 11) is -0.145. The van der Waals surface area contributed by atoms with Gasteiger partial charge in [0.05, 0.1) is 0 Å². The molecular formula is C8H20N2Si. The molecule has 0 rings (SSSR count). The normalized spacial score (nSPS) is 12.7. The first-order valence-electron chi connectivity index (χ1n) is 4.35. The van der Waals surface area contributed by atoms with Crippen LogP contribution in [-0.2, 0) is 0 Å². The molecule has 0 fully saturated rings. The molecule has 0 aliphatic heterocycles. The molecule has 0 amide bonds. The van der Waals surface area contributed by atoms with Crippen LogP contribution >= 0.6 is 0 Å². The van der Waals surface area contributed by atoms with Crippen LogP contribution in [0.1, 0.15) is 20.8 Å². The van der Waals surface area contributed by atoms with Crippen LogP contribution in [0.3, 0.4) is 0 Å². The van der Waals surface area contributed by atoms with E-state index >= 15 is 0 Å². The van der Waals surface area contributed by atoms with Crippen molar-refractivity contribution in [3.05, 3.63) is 11.8 Å². The number of hydrogen-bond donors (Lipinski definition) is 2. The van der Waals surface area contributed by atoms with Gasteiger partial charge in [-0.1, -0.05) is 32.5 Å². The maximum Gasteiger partial charge on any atom is 0.117 e. The minimum atomic E-state index is -0.145. The van der Waals surface area contributed by atoms with E-state index in [2.05, 4.69) is 42.8 Å². The van der Waals surface area contributed by atoms with Gasteiger partial charge < -0.3 is 10.3 Å². The first-order chi connectivity index (χ1) is 5.27. The molecule has 0 aromatic heterocycles. The number of nitrogens with one attached hydrogen (secondary N) is 2. The van der Waals surface area contributed by atoms with Crippen molar-refractivity contribution >= 4 is 9.68 Å². The van der Waals surface area contributed by atoms with Gasteiger partial charge >= 0.3 is 0 Å². The summed E-state index contributed by atoms with van der Waals surface area (Å²) in [5.74, 6) is 0.698. The van der Waals surface area contributed by atoms with Gasteiger partial charge in [-0.2, -0.15) is 0 Å². The molecule has 2 nitrogen and oxygen atoms in total. The monoisotopic (exact) mass is 172 g/mol. The Bertz CT molecular complexity index is 102. The second-order valence-corrected chi connectivity index (χ2v) is 4.29. The zero-order valence-electron chi connectivity index (χ0n) is 7.85. The highest BCUT2D eigenvalue weighted by Crippen LogP contribution is 1.90. The molecule has 0 radical (unpaired) electrons. The van der Waals surface area contributed by atoms with E-state index in [1.165, 1.54) is 0 Å². The number of allylic oxidation sites excluding steroid dienone is 1. The lowest BCUT2D eigenvalue weighted by atomic mass is 10.2. The zero-order chi connectivity index (χ0) is 8.53. The number of rotatable bonds is 6. The third-order valence-corrected chi connectivity index (χ3v) is 2.33. The van der Waals surface area contributed by atoms with Gasteiger partial charge in [0.15, 0.2) is 0 Å². The fourth-order valence-corrected chi connectivity index (χ4v) is 1.88. The van der Waals surface area contributed by atoms with Crippen LogP contribution < -0.4 is 10.3 Å². The summed E-state index contributed by atoms with van der Waals surface area (Å²) in [6.45, 7) is 8.54. The smallest absolute Gasteiger partial charge is 0.117 e. The van der Waals surface area contributed by atoms with Crippen molar-refractivity contribution in [2.45, 2.75) is 20.8 Å². The van der Waals surface area contributed by atoms with Crippen LogP contribution in [0.5, 0.6) is 0 Å². The average molecular weight is 172 g/mol. The van der Waals surface area contributed by atoms with Gasteiger partial charge in [-0.3, -0.25) is 0 Å². The maximum atomic E-state index is 3.38. The predicted molar refractivity (Wildman–Crippen MR) is 54.2 cm³/mol. The molecule has 0 heterocycles. The molecule has 3 heteroatoms. The van der Waals surface area contributed by atoms with Gasteiger partial charge in [-0.25, -0.2) is 0 Å². The predicted octanol–water partition coefficient (Wildman–Crippen LogP) is 0.396. The Balaban J connectivity index is 3.01. The molecule has 0 aromatic rings. The van der Waals surface area contributed by atoms with Crippen molar-refractivity contribution in [3.63, 3.8) is 0 Å². The maximum absolute atomic E-state index is 3.38. The molecule has 0 bridgehead atoms. The minimum Gasteiger partial charge on any atom is -0.327 e. The Morgan fingerprint density at radius 1 is 1.45 bits per heavy atom. The van der Waals surface area contributed by atoms with E-state index in [1.54, 1.807) is 0 Å². The van der Waals surface area contributed by atoms with Crippen LogP contribution in [0.15, 0.2) is 11.8 Å². The van der Waals surface area contributed by atoms with Gasteiger partial charge in [-0.15, -0.1) is 0 Å². The molecular weight excluding hydrogens is 152 g/mol. The van der Waals surface area contributed by atoms with Crippen molar-refractivity contribution in [1.29, 1.82) is 0 Å². The first kappa shape index (κ1) is 10.9. The van der Waals surface area contributed by atoms with E-state index in [1.807, 2.05) is 0 Å². The molecule has 66 valence electrons. The lowest BCUT2D eigenvalue weighted by Gasteiger charge is -2.00. The highest BCUT2D eigenvalue weighted by molar-refractivity contribution is 6.38. The summed E-state index contributed by atoms with van der Waals surface area (Å²) < 4.78 is 0. The number of hydrogen-bond acceptors (Lipinski definition) is 2. The topological polar surface area (TPSA) is 24.1 Å². The van der Waals surface area contributed by atoms with Crippen molar-refractivity contribution in [2.75, 3.05) is 13.2 Å². The van der Waals surface area contributed by atoms with E-state index in [0.29, 0.717) is 5.92 Å². The Kier molecular flexibility index (Phi) is 7.89. The lowest BCUT2D eigenvalue weighted by molar-refractivity contribution is 0.705. The molecule has 0 aromatic carbocycles. The summed E-state index contributed by atoms with van der Waals surface area (Å²) >= 11 is 0. The fourth-order valence-electron chi connectivity index (χ4n) is 0.709. The van der Waals surface area contributed by atoms with Crippen LogP contribution in [0, 0.1) is 5.92 Å². The highest BCUT2D eigenvalue weighted by Gasteiger charge is 1.83. The lowest BCUT2D eigenvalue weighted by Crippen LogP contribution is -2.30. The van der Waals surface area contributed by atoms with Crippen molar-refractivity contribution < 1.29 is 0 Å². The summed E-state index contributed by atoms with van der Waals surface area (Å²) in [6, 6.07) is 0. The highest BCUT2D eigenvalue weighted by atomic mass is 28.2. The van der Waals surface area contributed by atoms with Crippen molar-refractivity contribution in [3.8, 4) is 0 Å². The molecule has 2 N–H and O–H groups in total. The van der Waals surface area contributed by atoms with Gasteiger partial charge in [0, 0.05) is 6.67 Å². The Labute approximate surface area is 72.4 Å². The second-order valence-electron chi connectivity index (χ2n) is 2.91. The van der Waals surface area contributed by atoms with Gasteiger partial charge in [0.2, 0.25) is 0 Å². The van der Waals surface area contributed by atoms with Crippen LogP contribution in [0.25, 0.3) is 0 Å². The fraction of sp³-hybridized carbons (Fsp3) is 0.750. The summed E-state index contributed by atoms with van der Waals surface area (Å²) in [6.07, 6.45) is 2.27. The SMILES string of the molecule is CCNCN[SiH2]C=CC(C)C. The molecule has 0 saturated heterocycles. The van der Waals surface area contributed by atoms with Gasteiger partial charge in [0.1, 0.15) is 9.68 Å². The molecule has 0 spiro atoms. The standard InChI is InChI=1S/C8H20N2Si/c1-4-9-7-10-11-6-5-8(2)3/h5-6,8-10H,4,7,11H2,1-3H3. The third-order valence-electron chi connectivity index (χ3n) is 1.28. The molecule has 0 atom stereocenters.